The lowest BCUT2D eigenvalue weighted by atomic mass is 10.0. The summed E-state index contributed by atoms with van der Waals surface area (Å²) in [6.07, 6.45) is 1.69. The van der Waals surface area contributed by atoms with Crippen LogP contribution < -0.4 is 16.4 Å². The van der Waals surface area contributed by atoms with Crippen molar-refractivity contribution in [3.05, 3.63) is 24.3 Å². The third-order valence-electron chi connectivity index (χ3n) is 3.00. The van der Waals surface area contributed by atoms with E-state index in [-0.39, 0.29) is 24.3 Å². The molecule has 0 bridgehead atoms. The molecule has 0 aliphatic rings. The molecule has 0 saturated heterocycles. The van der Waals surface area contributed by atoms with Crippen molar-refractivity contribution in [2.24, 2.45) is 11.7 Å². The third-order valence-corrected chi connectivity index (χ3v) is 3.00. The normalized spacial score (nSPS) is 11.8. The van der Waals surface area contributed by atoms with Gasteiger partial charge in [0.1, 0.15) is 6.61 Å². The van der Waals surface area contributed by atoms with Crippen LogP contribution in [-0.2, 0) is 14.3 Å². The van der Waals surface area contributed by atoms with Crippen molar-refractivity contribution in [3.8, 4) is 0 Å². The van der Waals surface area contributed by atoms with Crippen molar-refractivity contribution in [1.29, 1.82) is 0 Å². The SMILES string of the molecule is CCCC(CN)C(=O)Nc1ccc(NC(=O)COC)cc1. The quantitative estimate of drug-likeness (QED) is 0.678. The highest BCUT2D eigenvalue weighted by molar-refractivity contribution is 5.94. The first-order chi connectivity index (χ1) is 10.1. The second-order valence-corrected chi connectivity index (χ2v) is 4.77. The Bertz CT molecular complexity index is 460. The van der Waals surface area contributed by atoms with E-state index in [1.54, 1.807) is 24.3 Å². The predicted molar refractivity (Wildman–Crippen MR) is 83.0 cm³/mol. The molecule has 0 fully saturated rings. The standard InChI is InChI=1S/C15H23N3O3/c1-3-4-11(9-16)15(20)18-13-7-5-12(6-8-13)17-14(19)10-21-2/h5-8,11H,3-4,9-10,16H2,1-2H3,(H,17,19)(H,18,20). The summed E-state index contributed by atoms with van der Waals surface area (Å²) in [6.45, 7) is 2.37. The smallest absolute Gasteiger partial charge is 0.250 e. The number of hydrogen-bond donors (Lipinski definition) is 3. The minimum absolute atomic E-state index is 0.00762. The zero-order valence-corrected chi connectivity index (χ0v) is 12.5. The Morgan fingerprint density at radius 2 is 1.76 bits per heavy atom. The number of carbonyl (C=O) groups excluding carboxylic acids is 2. The molecule has 0 aliphatic heterocycles. The van der Waals surface area contributed by atoms with Gasteiger partial charge in [-0.25, -0.2) is 0 Å². The number of hydrogen-bond acceptors (Lipinski definition) is 4. The monoisotopic (exact) mass is 293 g/mol. The van der Waals surface area contributed by atoms with Crippen molar-refractivity contribution >= 4 is 23.2 Å². The molecule has 6 heteroatoms. The summed E-state index contributed by atoms with van der Waals surface area (Å²) in [6, 6.07) is 6.92. The first-order valence-electron chi connectivity index (χ1n) is 7.00. The Hall–Kier alpha value is -1.92. The molecule has 0 heterocycles. The number of benzene rings is 1. The van der Waals surface area contributed by atoms with Gasteiger partial charge in [0.2, 0.25) is 11.8 Å². The molecule has 4 N–H and O–H groups in total. The third kappa shape index (κ3) is 5.93. The van der Waals surface area contributed by atoms with Gasteiger partial charge in [0.25, 0.3) is 0 Å². The number of ether oxygens (including phenoxy) is 1. The first kappa shape index (κ1) is 17.1. The molecule has 0 spiro atoms. The van der Waals surface area contributed by atoms with Gasteiger partial charge in [0, 0.05) is 25.0 Å². The number of nitrogens with two attached hydrogens (primary N) is 1. The van der Waals surface area contributed by atoms with Crippen LogP contribution in [0.25, 0.3) is 0 Å². The van der Waals surface area contributed by atoms with Crippen molar-refractivity contribution in [1.82, 2.24) is 0 Å². The number of carbonyl (C=O) groups is 2. The number of amides is 2. The average molecular weight is 293 g/mol. The Morgan fingerprint density at radius 1 is 1.19 bits per heavy atom. The van der Waals surface area contributed by atoms with Gasteiger partial charge in [-0.3, -0.25) is 9.59 Å². The molecule has 1 rings (SSSR count). The van der Waals surface area contributed by atoms with Gasteiger partial charge in [-0.15, -0.1) is 0 Å². The number of methoxy groups -OCH3 is 1. The fourth-order valence-electron chi connectivity index (χ4n) is 1.91. The van der Waals surface area contributed by atoms with Gasteiger partial charge < -0.3 is 21.1 Å². The van der Waals surface area contributed by atoms with Crippen LogP contribution in [0.2, 0.25) is 0 Å². The summed E-state index contributed by atoms with van der Waals surface area (Å²) in [5.74, 6) is -0.466. The maximum absolute atomic E-state index is 12.0. The maximum atomic E-state index is 12.0. The molecule has 2 amide bonds. The van der Waals surface area contributed by atoms with Crippen molar-refractivity contribution in [2.45, 2.75) is 19.8 Å². The molecule has 0 aliphatic carbocycles. The predicted octanol–water partition coefficient (Wildman–Crippen LogP) is 1.58. The summed E-state index contributed by atoms with van der Waals surface area (Å²) in [5.41, 5.74) is 6.93. The van der Waals surface area contributed by atoms with Gasteiger partial charge in [-0.05, 0) is 30.7 Å². The van der Waals surface area contributed by atoms with Crippen LogP contribution in [0.1, 0.15) is 19.8 Å². The lowest BCUT2D eigenvalue weighted by molar-refractivity contribution is -0.120. The molecule has 1 unspecified atom stereocenters. The zero-order chi connectivity index (χ0) is 15.7. The van der Waals surface area contributed by atoms with E-state index in [2.05, 4.69) is 10.6 Å². The first-order valence-corrected chi connectivity index (χ1v) is 7.00. The summed E-state index contributed by atoms with van der Waals surface area (Å²) in [4.78, 5) is 23.4. The molecule has 6 nitrogen and oxygen atoms in total. The van der Waals surface area contributed by atoms with E-state index >= 15 is 0 Å². The van der Waals surface area contributed by atoms with Gasteiger partial charge in [-0.1, -0.05) is 13.3 Å². The number of rotatable bonds is 8. The Kier molecular flexibility index (Phi) is 7.42. The fourth-order valence-corrected chi connectivity index (χ4v) is 1.91. The van der Waals surface area contributed by atoms with Crippen LogP contribution >= 0.6 is 0 Å². The average Bonchev–Trinajstić information content (AvgIpc) is 2.47. The summed E-state index contributed by atoms with van der Waals surface area (Å²) < 4.78 is 4.73. The number of anilines is 2. The van der Waals surface area contributed by atoms with Crippen LogP contribution in [0.15, 0.2) is 24.3 Å². The minimum Gasteiger partial charge on any atom is -0.375 e. The largest absolute Gasteiger partial charge is 0.375 e. The molecule has 0 aromatic heterocycles. The Labute approximate surface area is 125 Å². The molecule has 1 aromatic carbocycles. The molecule has 1 aromatic rings. The Balaban J connectivity index is 2.57. The number of nitrogens with one attached hydrogen (secondary N) is 2. The topological polar surface area (TPSA) is 93.5 Å². The van der Waals surface area contributed by atoms with Crippen molar-refractivity contribution in [3.63, 3.8) is 0 Å². The summed E-state index contributed by atoms with van der Waals surface area (Å²) >= 11 is 0. The van der Waals surface area contributed by atoms with Gasteiger partial charge >= 0.3 is 0 Å². The van der Waals surface area contributed by atoms with Crippen LogP contribution in [0.5, 0.6) is 0 Å². The van der Waals surface area contributed by atoms with Crippen LogP contribution in [0.3, 0.4) is 0 Å². The summed E-state index contributed by atoms with van der Waals surface area (Å²) in [5, 5.41) is 5.51. The molecular weight excluding hydrogens is 270 g/mol. The minimum atomic E-state index is -0.222. The fraction of sp³-hybridized carbons (Fsp3) is 0.467. The van der Waals surface area contributed by atoms with E-state index in [0.29, 0.717) is 17.9 Å². The lowest BCUT2D eigenvalue weighted by Crippen LogP contribution is -2.29. The molecule has 0 saturated carbocycles. The van der Waals surface area contributed by atoms with E-state index in [4.69, 9.17) is 10.5 Å². The highest BCUT2D eigenvalue weighted by atomic mass is 16.5. The Morgan fingerprint density at radius 3 is 2.24 bits per heavy atom. The second kappa shape index (κ2) is 9.10. The molecule has 1 atom stereocenters. The summed E-state index contributed by atoms with van der Waals surface area (Å²) in [7, 11) is 1.46. The van der Waals surface area contributed by atoms with Gasteiger partial charge in [0.05, 0.1) is 5.92 Å². The molecule has 116 valence electrons. The van der Waals surface area contributed by atoms with E-state index in [1.165, 1.54) is 7.11 Å². The van der Waals surface area contributed by atoms with Gasteiger partial charge in [-0.2, -0.15) is 0 Å². The van der Waals surface area contributed by atoms with Crippen molar-refractivity contribution in [2.75, 3.05) is 30.9 Å². The van der Waals surface area contributed by atoms with Crippen molar-refractivity contribution < 1.29 is 14.3 Å². The van der Waals surface area contributed by atoms with Crippen LogP contribution in [0.4, 0.5) is 11.4 Å². The highest BCUT2D eigenvalue weighted by Gasteiger charge is 2.15. The van der Waals surface area contributed by atoms with Crippen LogP contribution in [0, 0.1) is 5.92 Å². The van der Waals surface area contributed by atoms with E-state index < -0.39 is 0 Å². The van der Waals surface area contributed by atoms with E-state index in [9.17, 15) is 9.59 Å². The maximum Gasteiger partial charge on any atom is 0.250 e. The van der Waals surface area contributed by atoms with E-state index in [0.717, 1.165) is 12.8 Å². The zero-order valence-electron chi connectivity index (χ0n) is 12.5. The van der Waals surface area contributed by atoms with Gasteiger partial charge in [0.15, 0.2) is 0 Å². The van der Waals surface area contributed by atoms with E-state index in [1.807, 2.05) is 6.92 Å². The molecule has 21 heavy (non-hydrogen) atoms. The molecular formula is C15H23N3O3. The van der Waals surface area contributed by atoms with Crippen LogP contribution in [-0.4, -0.2) is 32.1 Å². The molecule has 0 radical (unpaired) electrons. The second-order valence-electron chi connectivity index (χ2n) is 4.77. The lowest BCUT2D eigenvalue weighted by Gasteiger charge is -2.14. The highest BCUT2D eigenvalue weighted by Crippen LogP contribution is 2.15.